The van der Waals surface area contributed by atoms with Crippen LogP contribution in [0.25, 0.3) is 0 Å². The second-order valence-electron chi connectivity index (χ2n) is 3.88. The molecule has 1 aromatic heterocycles. The summed E-state index contributed by atoms with van der Waals surface area (Å²) in [6.45, 7) is 0. The first-order chi connectivity index (χ1) is 8.70. The number of methoxy groups -OCH3 is 1. The van der Waals surface area contributed by atoms with Gasteiger partial charge in [-0.15, -0.1) is 0 Å². The zero-order chi connectivity index (χ0) is 13.0. The van der Waals surface area contributed by atoms with Crippen LogP contribution < -0.4 is 10.5 Å². The average molecular weight is 308 g/mol. The first-order valence-electron chi connectivity index (χ1n) is 5.55. The third kappa shape index (κ3) is 3.05. The van der Waals surface area contributed by atoms with E-state index < -0.39 is 0 Å². The minimum absolute atomic E-state index is 0.111. The Morgan fingerprint density at radius 1 is 1.33 bits per heavy atom. The molecule has 0 bridgehead atoms. The summed E-state index contributed by atoms with van der Waals surface area (Å²) in [5, 5.41) is 0. The predicted octanol–water partition coefficient (Wildman–Crippen LogP) is 2.49. The van der Waals surface area contributed by atoms with Gasteiger partial charge in [-0.2, -0.15) is 0 Å². The molecule has 1 aromatic carbocycles. The van der Waals surface area contributed by atoms with Crippen molar-refractivity contribution in [3.05, 3.63) is 52.4 Å². The Bertz CT molecular complexity index is 533. The Hall–Kier alpha value is -1.46. The van der Waals surface area contributed by atoms with Gasteiger partial charge in [0.25, 0.3) is 0 Å². The summed E-state index contributed by atoms with van der Waals surface area (Å²) in [7, 11) is 1.58. The second-order valence-corrected chi connectivity index (χ2v) is 4.74. The van der Waals surface area contributed by atoms with Crippen molar-refractivity contribution in [2.75, 3.05) is 7.11 Å². The molecule has 5 heteroatoms. The van der Waals surface area contributed by atoms with E-state index >= 15 is 0 Å². The van der Waals surface area contributed by atoms with Gasteiger partial charge in [0.05, 0.1) is 7.11 Å². The van der Waals surface area contributed by atoms with Gasteiger partial charge >= 0.3 is 0 Å². The molecule has 1 unspecified atom stereocenters. The fraction of sp³-hybridized carbons (Fsp3) is 0.231. The highest BCUT2D eigenvalue weighted by atomic mass is 79.9. The van der Waals surface area contributed by atoms with Crippen molar-refractivity contribution in [3.8, 4) is 5.88 Å². The first-order valence-corrected chi connectivity index (χ1v) is 6.35. The van der Waals surface area contributed by atoms with Gasteiger partial charge in [0.2, 0.25) is 5.88 Å². The molecular formula is C13H14BrN3O. The summed E-state index contributed by atoms with van der Waals surface area (Å²) < 4.78 is 6.08. The molecule has 18 heavy (non-hydrogen) atoms. The van der Waals surface area contributed by atoms with E-state index in [1.165, 1.54) is 6.33 Å². The van der Waals surface area contributed by atoms with Gasteiger partial charge in [0.15, 0.2) is 0 Å². The molecule has 1 heterocycles. The van der Waals surface area contributed by atoms with Gasteiger partial charge in [0, 0.05) is 28.7 Å². The third-order valence-corrected chi connectivity index (χ3v) is 3.36. The van der Waals surface area contributed by atoms with Crippen LogP contribution in [0.5, 0.6) is 5.88 Å². The molecular weight excluding hydrogens is 294 g/mol. The number of nitrogens with zero attached hydrogens (tertiary/aromatic N) is 2. The summed E-state index contributed by atoms with van der Waals surface area (Å²) in [4.78, 5) is 8.17. The van der Waals surface area contributed by atoms with Gasteiger partial charge < -0.3 is 10.5 Å². The standard InChI is InChI=1S/C13H14BrN3O/c1-18-13-7-9(16-8-17-13)6-12(15)10-4-2-3-5-11(10)14/h2-5,7-8,12H,6,15H2,1H3. The smallest absolute Gasteiger partial charge is 0.216 e. The number of hydrogen-bond donors (Lipinski definition) is 1. The van der Waals surface area contributed by atoms with Gasteiger partial charge in [-0.25, -0.2) is 9.97 Å². The predicted molar refractivity (Wildman–Crippen MR) is 73.4 cm³/mol. The van der Waals surface area contributed by atoms with Crippen molar-refractivity contribution in [2.24, 2.45) is 5.73 Å². The van der Waals surface area contributed by atoms with Crippen molar-refractivity contribution in [2.45, 2.75) is 12.5 Å². The highest BCUT2D eigenvalue weighted by Gasteiger charge is 2.11. The van der Waals surface area contributed by atoms with E-state index in [0.717, 1.165) is 15.7 Å². The largest absolute Gasteiger partial charge is 0.481 e. The Kier molecular flexibility index (Phi) is 4.28. The molecule has 0 saturated carbocycles. The number of nitrogens with two attached hydrogens (primary N) is 1. The number of benzene rings is 1. The molecule has 94 valence electrons. The van der Waals surface area contributed by atoms with E-state index in [9.17, 15) is 0 Å². The summed E-state index contributed by atoms with van der Waals surface area (Å²) in [6.07, 6.45) is 2.13. The van der Waals surface area contributed by atoms with E-state index in [4.69, 9.17) is 10.5 Å². The van der Waals surface area contributed by atoms with E-state index in [0.29, 0.717) is 12.3 Å². The highest BCUT2D eigenvalue weighted by Crippen LogP contribution is 2.24. The Morgan fingerprint density at radius 3 is 2.83 bits per heavy atom. The van der Waals surface area contributed by atoms with Crippen LogP contribution in [0, 0.1) is 0 Å². The van der Waals surface area contributed by atoms with Gasteiger partial charge in [-0.1, -0.05) is 34.1 Å². The SMILES string of the molecule is COc1cc(CC(N)c2ccccc2Br)ncn1. The molecule has 0 saturated heterocycles. The molecule has 0 amide bonds. The maximum absolute atomic E-state index is 6.19. The lowest BCUT2D eigenvalue weighted by atomic mass is 10.0. The normalized spacial score (nSPS) is 12.2. The molecule has 2 N–H and O–H groups in total. The summed E-state index contributed by atoms with van der Waals surface area (Å²) in [6, 6.07) is 9.62. The van der Waals surface area contributed by atoms with Crippen molar-refractivity contribution < 1.29 is 4.74 Å². The van der Waals surface area contributed by atoms with Crippen molar-refractivity contribution in [1.82, 2.24) is 9.97 Å². The lowest BCUT2D eigenvalue weighted by Gasteiger charge is -2.13. The van der Waals surface area contributed by atoms with Crippen LogP contribution in [0.2, 0.25) is 0 Å². The van der Waals surface area contributed by atoms with Crippen molar-refractivity contribution in [1.29, 1.82) is 0 Å². The minimum atomic E-state index is -0.111. The zero-order valence-corrected chi connectivity index (χ0v) is 11.6. The van der Waals surface area contributed by atoms with Crippen molar-refractivity contribution in [3.63, 3.8) is 0 Å². The fourth-order valence-electron chi connectivity index (χ4n) is 1.71. The molecule has 4 nitrogen and oxygen atoms in total. The molecule has 0 radical (unpaired) electrons. The maximum atomic E-state index is 6.19. The minimum Gasteiger partial charge on any atom is -0.481 e. The molecule has 2 rings (SSSR count). The monoisotopic (exact) mass is 307 g/mol. The van der Waals surface area contributed by atoms with Crippen LogP contribution in [-0.4, -0.2) is 17.1 Å². The Morgan fingerprint density at radius 2 is 2.11 bits per heavy atom. The van der Waals surface area contributed by atoms with E-state index in [-0.39, 0.29) is 6.04 Å². The number of rotatable bonds is 4. The average Bonchev–Trinajstić information content (AvgIpc) is 2.39. The summed E-state index contributed by atoms with van der Waals surface area (Å²) in [5.41, 5.74) is 8.12. The number of ether oxygens (including phenoxy) is 1. The van der Waals surface area contributed by atoms with Crippen LogP contribution in [0.1, 0.15) is 17.3 Å². The lowest BCUT2D eigenvalue weighted by molar-refractivity contribution is 0.395. The zero-order valence-electron chi connectivity index (χ0n) is 10.0. The van der Waals surface area contributed by atoms with Gasteiger partial charge in [-0.05, 0) is 11.6 Å². The van der Waals surface area contributed by atoms with Gasteiger partial charge in [0.1, 0.15) is 6.33 Å². The third-order valence-electron chi connectivity index (χ3n) is 2.64. The van der Waals surface area contributed by atoms with Crippen LogP contribution >= 0.6 is 15.9 Å². The number of halogens is 1. The van der Waals surface area contributed by atoms with E-state index in [1.54, 1.807) is 13.2 Å². The maximum Gasteiger partial charge on any atom is 0.216 e. The molecule has 0 fully saturated rings. The van der Waals surface area contributed by atoms with Crippen LogP contribution in [-0.2, 0) is 6.42 Å². The topological polar surface area (TPSA) is 61.0 Å². The lowest BCUT2D eigenvalue weighted by Crippen LogP contribution is -2.14. The molecule has 0 spiro atoms. The van der Waals surface area contributed by atoms with Crippen LogP contribution in [0.15, 0.2) is 41.1 Å². The fourth-order valence-corrected chi connectivity index (χ4v) is 2.29. The van der Waals surface area contributed by atoms with Crippen LogP contribution in [0.4, 0.5) is 0 Å². The Labute approximate surface area is 114 Å². The Balaban J connectivity index is 2.16. The quantitative estimate of drug-likeness (QED) is 0.942. The van der Waals surface area contributed by atoms with E-state index in [1.807, 2.05) is 24.3 Å². The van der Waals surface area contributed by atoms with Gasteiger partial charge in [-0.3, -0.25) is 0 Å². The first kappa shape index (κ1) is 13.0. The molecule has 0 aliphatic rings. The van der Waals surface area contributed by atoms with E-state index in [2.05, 4.69) is 25.9 Å². The molecule has 2 aromatic rings. The highest BCUT2D eigenvalue weighted by molar-refractivity contribution is 9.10. The molecule has 1 atom stereocenters. The summed E-state index contributed by atoms with van der Waals surface area (Å²) >= 11 is 3.50. The number of hydrogen-bond acceptors (Lipinski definition) is 4. The molecule has 0 aliphatic heterocycles. The van der Waals surface area contributed by atoms with Crippen molar-refractivity contribution >= 4 is 15.9 Å². The second kappa shape index (κ2) is 5.93. The molecule has 0 aliphatic carbocycles. The number of aromatic nitrogens is 2. The van der Waals surface area contributed by atoms with Crippen LogP contribution in [0.3, 0.4) is 0 Å². The summed E-state index contributed by atoms with van der Waals surface area (Å²) in [5.74, 6) is 0.555.